The first kappa shape index (κ1) is 13.5. The smallest absolute Gasteiger partial charge is 0.230 e. The minimum atomic E-state index is 0.522. The van der Waals surface area contributed by atoms with Crippen molar-refractivity contribution in [2.45, 2.75) is 17.2 Å². The first-order valence-corrected chi connectivity index (χ1v) is 6.49. The lowest BCUT2D eigenvalue weighted by molar-refractivity contribution is 0.859. The summed E-state index contributed by atoms with van der Waals surface area (Å²) in [4.78, 5) is 23.2. The minimum Gasteiger partial charge on any atom is -0.357 e. The minimum absolute atomic E-state index is 0.522. The normalized spacial score (nSPS) is 10.3. The molecule has 0 unspecified atom stereocenters. The predicted molar refractivity (Wildman–Crippen MR) is 74.6 cm³/mol. The van der Waals surface area contributed by atoms with Crippen molar-refractivity contribution in [2.75, 3.05) is 31.4 Å². The zero-order chi connectivity index (χ0) is 13.8. The van der Waals surface area contributed by atoms with Crippen LogP contribution in [0.25, 0.3) is 0 Å². The molecule has 0 atom stereocenters. The predicted octanol–water partition coefficient (Wildman–Crippen LogP) is 1.23. The molecular weight excluding hydrogens is 262 g/mol. The number of nitrogens with zero attached hydrogens (tertiary/aromatic N) is 6. The monoisotopic (exact) mass is 277 g/mol. The molecule has 0 saturated carbocycles. The van der Waals surface area contributed by atoms with E-state index >= 15 is 0 Å². The van der Waals surface area contributed by atoms with Crippen LogP contribution in [0.5, 0.6) is 0 Å². The Morgan fingerprint density at radius 1 is 1.11 bits per heavy atom. The largest absolute Gasteiger partial charge is 0.357 e. The lowest BCUT2D eigenvalue weighted by Crippen LogP contribution is -2.15. The number of rotatable bonds is 4. The molecule has 0 fully saturated rings. The van der Waals surface area contributed by atoms with E-state index in [1.165, 1.54) is 11.8 Å². The summed E-state index contributed by atoms with van der Waals surface area (Å²) in [7, 11) is 5.53. The Morgan fingerprint density at radius 3 is 2.53 bits per heavy atom. The van der Waals surface area contributed by atoms with E-state index in [-0.39, 0.29) is 0 Å². The van der Waals surface area contributed by atoms with E-state index in [2.05, 4.69) is 30.2 Å². The summed E-state index contributed by atoms with van der Waals surface area (Å²) in [6.07, 6.45) is 1.72. The summed E-state index contributed by atoms with van der Waals surface area (Å²) in [6.45, 7) is 1.92. The van der Waals surface area contributed by atoms with Gasteiger partial charge in [0.2, 0.25) is 17.1 Å². The van der Waals surface area contributed by atoms with Gasteiger partial charge >= 0.3 is 0 Å². The fourth-order valence-corrected chi connectivity index (χ4v) is 1.99. The van der Waals surface area contributed by atoms with Crippen LogP contribution in [-0.4, -0.2) is 46.1 Å². The topological polar surface area (TPSA) is 79.7 Å². The molecule has 0 aliphatic rings. The highest BCUT2D eigenvalue weighted by Crippen LogP contribution is 2.23. The molecule has 0 aromatic carbocycles. The van der Waals surface area contributed by atoms with Gasteiger partial charge < -0.3 is 10.2 Å². The fourth-order valence-electron chi connectivity index (χ4n) is 1.26. The molecule has 2 heterocycles. The van der Waals surface area contributed by atoms with Gasteiger partial charge in [-0.2, -0.15) is 15.0 Å². The molecule has 0 amide bonds. The molecule has 1 N–H and O–H groups in total. The second-order valence-electron chi connectivity index (χ2n) is 3.97. The SMILES string of the molecule is CNc1nc(Sc2nccc(C)n2)nc(N(C)C)n1. The number of anilines is 2. The van der Waals surface area contributed by atoms with Crippen LogP contribution in [0.3, 0.4) is 0 Å². The summed E-state index contributed by atoms with van der Waals surface area (Å²) >= 11 is 1.31. The van der Waals surface area contributed by atoms with E-state index in [0.29, 0.717) is 22.2 Å². The maximum absolute atomic E-state index is 4.35. The van der Waals surface area contributed by atoms with Crippen molar-refractivity contribution in [3.8, 4) is 0 Å². The maximum atomic E-state index is 4.35. The third-order valence-corrected chi connectivity index (χ3v) is 2.93. The van der Waals surface area contributed by atoms with Gasteiger partial charge in [0, 0.05) is 33.0 Å². The quantitative estimate of drug-likeness (QED) is 0.836. The van der Waals surface area contributed by atoms with Gasteiger partial charge in [-0.15, -0.1) is 0 Å². The van der Waals surface area contributed by atoms with Gasteiger partial charge in [0.15, 0.2) is 5.16 Å². The highest BCUT2D eigenvalue weighted by atomic mass is 32.2. The van der Waals surface area contributed by atoms with E-state index in [4.69, 9.17) is 0 Å². The molecule has 8 heteroatoms. The molecule has 19 heavy (non-hydrogen) atoms. The maximum Gasteiger partial charge on any atom is 0.230 e. The van der Waals surface area contributed by atoms with E-state index in [9.17, 15) is 0 Å². The van der Waals surface area contributed by atoms with Crippen LogP contribution in [0.2, 0.25) is 0 Å². The molecule has 0 aliphatic carbocycles. The van der Waals surface area contributed by atoms with E-state index < -0.39 is 0 Å². The summed E-state index contributed by atoms with van der Waals surface area (Å²) < 4.78 is 0. The number of aryl methyl sites for hydroxylation is 1. The van der Waals surface area contributed by atoms with Crippen LogP contribution in [-0.2, 0) is 0 Å². The zero-order valence-electron chi connectivity index (χ0n) is 11.2. The molecule has 2 rings (SSSR count). The van der Waals surface area contributed by atoms with Crippen molar-refractivity contribution in [3.63, 3.8) is 0 Å². The molecule has 0 bridgehead atoms. The standard InChI is InChI=1S/C11H15N7S/c1-7-5-6-13-10(14-7)19-11-16-8(12-2)15-9(17-11)18(3)4/h5-6H,1-4H3,(H,12,15,16,17). The molecule has 0 aliphatic heterocycles. The van der Waals surface area contributed by atoms with Gasteiger partial charge in [-0.1, -0.05) is 0 Å². The van der Waals surface area contributed by atoms with Crippen LogP contribution in [0.1, 0.15) is 5.69 Å². The first-order chi connectivity index (χ1) is 9.08. The molecule has 7 nitrogen and oxygen atoms in total. The second-order valence-corrected chi connectivity index (χ2v) is 4.90. The van der Waals surface area contributed by atoms with Crippen molar-refractivity contribution in [1.29, 1.82) is 0 Å². The zero-order valence-corrected chi connectivity index (χ0v) is 12.1. The van der Waals surface area contributed by atoms with Gasteiger partial charge in [0.05, 0.1) is 0 Å². The van der Waals surface area contributed by atoms with Crippen LogP contribution >= 0.6 is 11.8 Å². The van der Waals surface area contributed by atoms with Gasteiger partial charge in [-0.05, 0) is 24.8 Å². The van der Waals surface area contributed by atoms with Crippen LogP contribution in [0.15, 0.2) is 22.6 Å². The van der Waals surface area contributed by atoms with Crippen molar-refractivity contribution in [2.24, 2.45) is 0 Å². The Hall–Kier alpha value is -1.96. The van der Waals surface area contributed by atoms with Crippen LogP contribution in [0.4, 0.5) is 11.9 Å². The Morgan fingerprint density at radius 2 is 1.89 bits per heavy atom. The number of aromatic nitrogens is 5. The molecule has 2 aromatic rings. The summed E-state index contributed by atoms with van der Waals surface area (Å²) in [6, 6.07) is 1.85. The molecule has 0 saturated heterocycles. The molecule has 0 spiro atoms. The van der Waals surface area contributed by atoms with Gasteiger partial charge in [0.25, 0.3) is 0 Å². The summed E-state index contributed by atoms with van der Waals surface area (Å²) in [5.41, 5.74) is 0.910. The van der Waals surface area contributed by atoms with Crippen LogP contribution in [0, 0.1) is 6.92 Å². The fraction of sp³-hybridized carbons (Fsp3) is 0.364. The highest BCUT2D eigenvalue weighted by molar-refractivity contribution is 7.99. The number of hydrogen-bond donors (Lipinski definition) is 1. The molecule has 2 aromatic heterocycles. The van der Waals surface area contributed by atoms with E-state index in [1.807, 2.05) is 32.0 Å². The Balaban J connectivity index is 2.31. The molecular formula is C11H15N7S. The lowest BCUT2D eigenvalue weighted by Gasteiger charge is -2.11. The van der Waals surface area contributed by atoms with Crippen LogP contribution < -0.4 is 10.2 Å². The Kier molecular flexibility index (Phi) is 4.10. The number of hydrogen-bond acceptors (Lipinski definition) is 8. The Labute approximate surface area is 115 Å². The molecule has 100 valence electrons. The average molecular weight is 277 g/mol. The second kappa shape index (κ2) is 5.79. The van der Waals surface area contributed by atoms with Crippen molar-refractivity contribution >= 4 is 23.7 Å². The van der Waals surface area contributed by atoms with Crippen molar-refractivity contribution in [1.82, 2.24) is 24.9 Å². The summed E-state index contributed by atoms with van der Waals surface area (Å²) in [5.74, 6) is 1.11. The number of nitrogens with one attached hydrogen (secondary N) is 1. The lowest BCUT2D eigenvalue weighted by atomic mass is 10.5. The van der Waals surface area contributed by atoms with Gasteiger partial charge in [-0.3, -0.25) is 0 Å². The van der Waals surface area contributed by atoms with Gasteiger partial charge in [-0.25, -0.2) is 9.97 Å². The Bertz CT molecular complexity index is 573. The molecule has 0 radical (unpaired) electrons. The van der Waals surface area contributed by atoms with E-state index in [0.717, 1.165) is 5.69 Å². The van der Waals surface area contributed by atoms with Crippen molar-refractivity contribution < 1.29 is 0 Å². The first-order valence-electron chi connectivity index (χ1n) is 5.67. The third-order valence-electron chi connectivity index (χ3n) is 2.18. The third kappa shape index (κ3) is 3.50. The average Bonchev–Trinajstić information content (AvgIpc) is 2.38. The van der Waals surface area contributed by atoms with E-state index in [1.54, 1.807) is 13.2 Å². The van der Waals surface area contributed by atoms with Gasteiger partial charge in [0.1, 0.15) is 0 Å². The summed E-state index contributed by atoms with van der Waals surface area (Å²) in [5, 5.41) is 4.10. The highest BCUT2D eigenvalue weighted by Gasteiger charge is 2.10. The van der Waals surface area contributed by atoms with Crippen molar-refractivity contribution in [3.05, 3.63) is 18.0 Å².